The summed E-state index contributed by atoms with van der Waals surface area (Å²) in [5.74, 6) is 1.40. The molecular weight excluding hydrogens is 436 g/mol. The molecule has 188 valence electrons. The van der Waals surface area contributed by atoms with E-state index >= 15 is 0 Å². The molecule has 35 heavy (non-hydrogen) atoms. The third-order valence-electron chi connectivity index (χ3n) is 7.09. The van der Waals surface area contributed by atoms with Crippen molar-refractivity contribution in [2.45, 2.75) is 83.7 Å². The van der Waals surface area contributed by atoms with Crippen LogP contribution in [0.5, 0.6) is 5.75 Å². The maximum atomic E-state index is 12.7. The number of esters is 1. The lowest BCUT2D eigenvalue weighted by molar-refractivity contribution is 0.0319. The molecule has 1 unspecified atom stereocenters. The minimum Gasteiger partial charge on any atom is -0.490 e. The quantitative estimate of drug-likeness (QED) is 0.127. The summed E-state index contributed by atoms with van der Waals surface area (Å²) in [4.78, 5) is 25.3. The predicted molar refractivity (Wildman–Crippen MR) is 141 cm³/mol. The highest BCUT2D eigenvalue weighted by Gasteiger charge is 2.23. The molecule has 2 aromatic rings. The van der Waals surface area contributed by atoms with Gasteiger partial charge in [0.25, 0.3) is 0 Å². The highest BCUT2D eigenvalue weighted by Crippen LogP contribution is 2.37. The van der Waals surface area contributed by atoms with Crippen LogP contribution in [0.15, 0.2) is 61.2 Å². The van der Waals surface area contributed by atoms with Crippen LogP contribution in [0, 0.1) is 5.92 Å². The zero-order valence-electron chi connectivity index (χ0n) is 21.3. The summed E-state index contributed by atoms with van der Waals surface area (Å²) in [5.41, 5.74) is 2.26. The fourth-order valence-corrected chi connectivity index (χ4v) is 4.92. The standard InChI is InChI=1S/C31H40O4/c1-4-6-7-8-9-24-10-12-25(13-11-24)26-14-16-28(17-15-26)31(33)35-23(3)30(32)27-18-20-29(21-19-27)34-22-5-2/h5,14-21,23-25H,2,4,6-13,22H2,1,3H3. The van der Waals surface area contributed by atoms with Gasteiger partial charge in [-0.05, 0) is 86.4 Å². The number of hydrogen-bond acceptors (Lipinski definition) is 4. The van der Waals surface area contributed by atoms with E-state index in [2.05, 4.69) is 25.6 Å². The molecule has 2 aromatic carbocycles. The summed E-state index contributed by atoms with van der Waals surface area (Å²) in [6.45, 7) is 7.89. The van der Waals surface area contributed by atoms with Gasteiger partial charge < -0.3 is 9.47 Å². The van der Waals surface area contributed by atoms with Crippen molar-refractivity contribution in [1.82, 2.24) is 0 Å². The van der Waals surface area contributed by atoms with Crippen molar-refractivity contribution in [3.05, 3.63) is 77.9 Å². The normalized spacial score (nSPS) is 18.5. The lowest BCUT2D eigenvalue weighted by Gasteiger charge is -2.29. The van der Waals surface area contributed by atoms with Gasteiger partial charge in [-0.1, -0.05) is 63.8 Å². The fourth-order valence-electron chi connectivity index (χ4n) is 4.92. The second kappa shape index (κ2) is 13.9. The van der Waals surface area contributed by atoms with Gasteiger partial charge in [-0.15, -0.1) is 0 Å². The Morgan fingerprint density at radius 3 is 2.23 bits per heavy atom. The van der Waals surface area contributed by atoms with Crippen molar-refractivity contribution in [2.75, 3.05) is 6.61 Å². The Balaban J connectivity index is 1.47. The molecule has 0 spiro atoms. The maximum absolute atomic E-state index is 12.7. The first-order valence-corrected chi connectivity index (χ1v) is 13.2. The van der Waals surface area contributed by atoms with Crippen LogP contribution in [0.1, 0.15) is 104 Å². The molecule has 0 N–H and O–H groups in total. The Kier molecular flexibility index (Phi) is 10.6. The summed E-state index contributed by atoms with van der Waals surface area (Å²) in [5, 5.41) is 0. The number of rotatable bonds is 13. The smallest absolute Gasteiger partial charge is 0.338 e. The van der Waals surface area contributed by atoms with Crippen LogP contribution in [0.3, 0.4) is 0 Å². The Morgan fingerprint density at radius 2 is 1.60 bits per heavy atom. The van der Waals surface area contributed by atoms with Gasteiger partial charge in [0.05, 0.1) is 5.56 Å². The number of ether oxygens (including phenoxy) is 2. The highest BCUT2D eigenvalue weighted by molar-refractivity contribution is 6.01. The molecule has 0 bridgehead atoms. The molecule has 0 heterocycles. The molecule has 1 saturated carbocycles. The van der Waals surface area contributed by atoms with Crippen molar-refractivity contribution >= 4 is 11.8 Å². The van der Waals surface area contributed by atoms with Crippen LogP contribution < -0.4 is 4.74 Å². The minimum atomic E-state index is -0.866. The predicted octanol–water partition coefficient (Wildman–Crippen LogP) is 7.92. The second-order valence-corrected chi connectivity index (χ2v) is 9.72. The lowest BCUT2D eigenvalue weighted by Crippen LogP contribution is -2.24. The zero-order valence-corrected chi connectivity index (χ0v) is 21.3. The second-order valence-electron chi connectivity index (χ2n) is 9.72. The van der Waals surface area contributed by atoms with Crippen LogP contribution in [-0.2, 0) is 4.74 Å². The number of carbonyl (C=O) groups is 2. The molecule has 1 aliphatic rings. The van der Waals surface area contributed by atoms with Crippen LogP contribution in [0.25, 0.3) is 0 Å². The van der Waals surface area contributed by atoms with Crippen molar-refractivity contribution in [2.24, 2.45) is 5.92 Å². The van der Waals surface area contributed by atoms with Gasteiger partial charge in [-0.25, -0.2) is 4.79 Å². The number of carbonyl (C=O) groups excluding carboxylic acids is 2. The number of unbranched alkanes of at least 4 members (excludes halogenated alkanes) is 3. The molecule has 0 aliphatic heterocycles. The SMILES string of the molecule is C=CCOc1ccc(C(=O)C(C)OC(=O)c2ccc(C3CCC(CCCCCC)CC3)cc2)cc1. The zero-order chi connectivity index (χ0) is 25.0. The van der Waals surface area contributed by atoms with Crippen LogP contribution in [0.2, 0.25) is 0 Å². The fraction of sp³-hybridized carbons (Fsp3) is 0.484. The average Bonchev–Trinajstić information content (AvgIpc) is 2.90. The third kappa shape index (κ3) is 8.09. The van der Waals surface area contributed by atoms with Gasteiger partial charge in [0.1, 0.15) is 12.4 Å². The number of ketones is 1. The summed E-state index contributed by atoms with van der Waals surface area (Å²) in [7, 11) is 0. The van der Waals surface area contributed by atoms with E-state index in [4.69, 9.17) is 9.47 Å². The lowest BCUT2D eigenvalue weighted by atomic mass is 9.77. The number of benzene rings is 2. The van der Waals surface area contributed by atoms with Gasteiger partial charge in [0.2, 0.25) is 5.78 Å². The van der Waals surface area contributed by atoms with E-state index in [1.54, 1.807) is 37.3 Å². The highest BCUT2D eigenvalue weighted by atomic mass is 16.5. The molecule has 1 fully saturated rings. The van der Waals surface area contributed by atoms with Crippen molar-refractivity contribution < 1.29 is 19.1 Å². The summed E-state index contributed by atoms with van der Waals surface area (Å²) in [6, 6.07) is 14.6. The average molecular weight is 477 g/mol. The van der Waals surface area contributed by atoms with Gasteiger partial charge >= 0.3 is 5.97 Å². The van der Waals surface area contributed by atoms with E-state index in [0.29, 0.717) is 29.4 Å². The number of hydrogen-bond donors (Lipinski definition) is 0. The Morgan fingerprint density at radius 1 is 0.943 bits per heavy atom. The van der Waals surface area contributed by atoms with Crippen LogP contribution in [0.4, 0.5) is 0 Å². The molecule has 4 nitrogen and oxygen atoms in total. The molecule has 3 rings (SSSR count). The van der Waals surface area contributed by atoms with Gasteiger partial charge in [-0.3, -0.25) is 4.79 Å². The van der Waals surface area contributed by atoms with E-state index in [-0.39, 0.29) is 5.78 Å². The van der Waals surface area contributed by atoms with Crippen LogP contribution in [-0.4, -0.2) is 24.5 Å². The van der Waals surface area contributed by atoms with Crippen LogP contribution >= 0.6 is 0 Å². The monoisotopic (exact) mass is 476 g/mol. The van der Waals surface area contributed by atoms with Gasteiger partial charge in [0, 0.05) is 5.56 Å². The Labute approximate surface area is 210 Å². The third-order valence-corrected chi connectivity index (χ3v) is 7.09. The number of Topliss-reactive ketones (excluding diaryl/α,β-unsaturated/α-hetero) is 1. The van der Waals surface area contributed by atoms with E-state index in [0.717, 1.165) is 5.92 Å². The topological polar surface area (TPSA) is 52.6 Å². The Bertz CT molecular complexity index is 937. The summed E-state index contributed by atoms with van der Waals surface area (Å²) in [6.07, 6.45) is 12.6. The first-order chi connectivity index (χ1) is 17.0. The van der Waals surface area contributed by atoms with Gasteiger partial charge in [-0.2, -0.15) is 0 Å². The molecule has 0 radical (unpaired) electrons. The van der Waals surface area contributed by atoms with Crippen molar-refractivity contribution in [3.63, 3.8) is 0 Å². The van der Waals surface area contributed by atoms with E-state index in [1.807, 2.05) is 12.1 Å². The van der Waals surface area contributed by atoms with Crippen molar-refractivity contribution in [3.8, 4) is 5.75 Å². The first kappa shape index (κ1) is 26.7. The van der Waals surface area contributed by atoms with E-state index in [1.165, 1.54) is 63.4 Å². The largest absolute Gasteiger partial charge is 0.490 e. The minimum absolute atomic E-state index is 0.239. The first-order valence-electron chi connectivity index (χ1n) is 13.2. The molecular formula is C31H40O4. The summed E-state index contributed by atoms with van der Waals surface area (Å²) >= 11 is 0. The molecule has 0 saturated heterocycles. The molecule has 0 amide bonds. The van der Waals surface area contributed by atoms with E-state index < -0.39 is 12.1 Å². The van der Waals surface area contributed by atoms with Gasteiger partial charge in [0.15, 0.2) is 6.10 Å². The maximum Gasteiger partial charge on any atom is 0.338 e. The molecule has 1 aliphatic carbocycles. The van der Waals surface area contributed by atoms with E-state index in [9.17, 15) is 9.59 Å². The Hall–Kier alpha value is -2.88. The molecule has 1 atom stereocenters. The summed E-state index contributed by atoms with van der Waals surface area (Å²) < 4.78 is 10.9. The molecule has 4 heteroatoms. The van der Waals surface area contributed by atoms with Crippen molar-refractivity contribution in [1.29, 1.82) is 0 Å². The molecule has 0 aromatic heterocycles.